The van der Waals surface area contributed by atoms with Crippen molar-refractivity contribution in [3.05, 3.63) is 112 Å². The molecule has 4 aromatic rings. The summed E-state index contributed by atoms with van der Waals surface area (Å²) in [5.41, 5.74) is 3.02. The van der Waals surface area contributed by atoms with Crippen molar-refractivity contribution in [2.24, 2.45) is 0 Å². The zero-order valence-corrected chi connectivity index (χ0v) is 21.1. The van der Waals surface area contributed by atoms with E-state index in [1.165, 1.54) is 0 Å². The van der Waals surface area contributed by atoms with E-state index in [9.17, 15) is 0 Å². The van der Waals surface area contributed by atoms with Gasteiger partial charge in [-0.3, -0.25) is 0 Å². The molecule has 0 unspecified atom stereocenters. The maximum atomic E-state index is 6.58. The molecule has 0 aliphatic carbocycles. The highest BCUT2D eigenvalue weighted by Gasteiger charge is 2.13. The van der Waals surface area contributed by atoms with Gasteiger partial charge in [0.05, 0.1) is 11.6 Å². The van der Waals surface area contributed by atoms with Crippen molar-refractivity contribution in [1.82, 2.24) is 0 Å². The van der Waals surface area contributed by atoms with Crippen molar-refractivity contribution in [3.8, 4) is 23.0 Å². The Kier molecular flexibility index (Phi) is 8.34. The minimum atomic E-state index is 0.405. The molecule has 0 radical (unpaired) electrons. The largest absolute Gasteiger partial charge is 0.490 e. The maximum absolute atomic E-state index is 6.58. The van der Waals surface area contributed by atoms with E-state index in [-0.39, 0.29) is 0 Å². The molecule has 0 saturated heterocycles. The minimum absolute atomic E-state index is 0.405. The van der Waals surface area contributed by atoms with E-state index in [1.807, 2.05) is 97.9 Å². The van der Waals surface area contributed by atoms with Crippen LogP contribution in [0, 0.1) is 0 Å². The Morgan fingerprint density at radius 2 is 1.50 bits per heavy atom. The van der Waals surface area contributed by atoms with Crippen LogP contribution in [0.4, 0.5) is 5.69 Å². The van der Waals surface area contributed by atoms with Gasteiger partial charge in [0.1, 0.15) is 18.1 Å². The second-order valence-electron chi connectivity index (χ2n) is 7.55. The van der Waals surface area contributed by atoms with E-state index in [4.69, 9.17) is 25.8 Å². The Morgan fingerprint density at radius 3 is 2.21 bits per heavy atom. The number of ether oxygens (including phenoxy) is 3. The number of hydrogen-bond acceptors (Lipinski definition) is 4. The van der Waals surface area contributed by atoms with Gasteiger partial charge in [-0.15, -0.1) is 0 Å². The predicted molar refractivity (Wildman–Crippen MR) is 141 cm³/mol. The van der Waals surface area contributed by atoms with Gasteiger partial charge in [-0.05, 0) is 78.7 Å². The summed E-state index contributed by atoms with van der Waals surface area (Å²) in [6, 6.07) is 29.4. The lowest BCUT2D eigenvalue weighted by molar-refractivity contribution is 0.269. The van der Waals surface area contributed by atoms with Gasteiger partial charge >= 0.3 is 0 Å². The lowest BCUT2D eigenvalue weighted by Gasteiger charge is -2.16. The molecule has 34 heavy (non-hydrogen) atoms. The fourth-order valence-electron chi connectivity index (χ4n) is 3.33. The monoisotopic (exact) mass is 537 g/mol. The molecule has 0 heterocycles. The predicted octanol–water partition coefficient (Wildman–Crippen LogP) is 8.48. The molecule has 6 heteroatoms. The van der Waals surface area contributed by atoms with Gasteiger partial charge in [-0.25, -0.2) is 0 Å². The van der Waals surface area contributed by atoms with Crippen LogP contribution >= 0.6 is 27.5 Å². The number of anilines is 1. The zero-order valence-electron chi connectivity index (χ0n) is 18.8. The molecule has 4 rings (SSSR count). The van der Waals surface area contributed by atoms with Crippen LogP contribution in [0.1, 0.15) is 18.1 Å². The third-order valence-corrected chi connectivity index (χ3v) is 5.80. The summed E-state index contributed by atoms with van der Waals surface area (Å²) >= 11 is 10.0. The first-order valence-electron chi connectivity index (χ1n) is 11.0. The topological polar surface area (TPSA) is 39.7 Å². The normalized spacial score (nSPS) is 10.6. The minimum Gasteiger partial charge on any atom is -0.490 e. The third-order valence-electron chi connectivity index (χ3n) is 5.00. The SMILES string of the molecule is CCOc1cc(CNc2ccc(Oc3ccccc3)cc2)cc(Cl)c1OCc1ccc(Br)cc1. The summed E-state index contributed by atoms with van der Waals surface area (Å²) in [6.45, 7) is 3.45. The fourth-order valence-corrected chi connectivity index (χ4v) is 3.88. The molecule has 0 fully saturated rings. The van der Waals surface area contributed by atoms with E-state index in [0.29, 0.717) is 36.3 Å². The Hall–Kier alpha value is -3.15. The van der Waals surface area contributed by atoms with Gasteiger partial charge in [0.15, 0.2) is 11.5 Å². The van der Waals surface area contributed by atoms with Crippen LogP contribution in [0.3, 0.4) is 0 Å². The van der Waals surface area contributed by atoms with Gasteiger partial charge in [0.2, 0.25) is 0 Å². The Morgan fingerprint density at radius 1 is 0.794 bits per heavy atom. The van der Waals surface area contributed by atoms with Crippen LogP contribution in [0.2, 0.25) is 5.02 Å². The summed E-state index contributed by atoms with van der Waals surface area (Å²) in [5.74, 6) is 2.78. The molecule has 0 saturated carbocycles. The number of benzene rings is 4. The first kappa shape index (κ1) is 24.0. The van der Waals surface area contributed by atoms with Gasteiger partial charge in [-0.1, -0.05) is 57.9 Å². The van der Waals surface area contributed by atoms with Crippen LogP contribution < -0.4 is 19.5 Å². The van der Waals surface area contributed by atoms with Crippen molar-refractivity contribution >= 4 is 33.2 Å². The van der Waals surface area contributed by atoms with Crippen molar-refractivity contribution in [3.63, 3.8) is 0 Å². The average molecular weight is 539 g/mol. The van der Waals surface area contributed by atoms with Gasteiger partial charge in [0.25, 0.3) is 0 Å². The van der Waals surface area contributed by atoms with Crippen molar-refractivity contribution < 1.29 is 14.2 Å². The van der Waals surface area contributed by atoms with Crippen LogP contribution in [0.25, 0.3) is 0 Å². The van der Waals surface area contributed by atoms with E-state index in [2.05, 4.69) is 21.2 Å². The first-order chi connectivity index (χ1) is 16.6. The Bertz CT molecular complexity index is 1200. The fraction of sp³-hybridized carbons (Fsp3) is 0.143. The number of hydrogen-bond donors (Lipinski definition) is 1. The van der Waals surface area contributed by atoms with Gasteiger partial charge in [-0.2, -0.15) is 0 Å². The first-order valence-corrected chi connectivity index (χ1v) is 12.2. The quantitative estimate of drug-likeness (QED) is 0.220. The Balaban J connectivity index is 1.40. The molecular formula is C28H25BrClNO3. The molecule has 174 valence electrons. The molecule has 0 aliphatic rings. The molecule has 0 spiro atoms. The lowest BCUT2D eigenvalue weighted by atomic mass is 10.2. The molecular weight excluding hydrogens is 514 g/mol. The molecule has 4 aromatic carbocycles. The van der Waals surface area contributed by atoms with Crippen molar-refractivity contribution in [1.29, 1.82) is 0 Å². The van der Waals surface area contributed by atoms with Gasteiger partial charge < -0.3 is 19.5 Å². The number of nitrogens with one attached hydrogen (secondary N) is 1. The average Bonchev–Trinajstić information content (AvgIpc) is 2.85. The molecule has 0 aliphatic heterocycles. The molecule has 0 aromatic heterocycles. The molecule has 0 atom stereocenters. The summed E-state index contributed by atoms with van der Waals surface area (Å²) in [6.07, 6.45) is 0. The van der Waals surface area contributed by atoms with E-state index >= 15 is 0 Å². The molecule has 1 N–H and O–H groups in total. The van der Waals surface area contributed by atoms with Crippen LogP contribution in [0.5, 0.6) is 23.0 Å². The van der Waals surface area contributed by atoms with Gasteiger partial charge in [0, 0.05) is 16.7 Å². The second kappa shape index (κ2) is 11.8. The maximum Gasteiger partial charge on any atom is 0.180 e. The number of rotatable bonds is 10. The molecule has 0 bridgehead atoms. The molecule has 0 amide bonds. The number of para-hydroxylation sites is 1. The van der Waals surface area contributed by atoms with Crippen molar-refractivity contribution in [2.75, 3.05) is 11.9 Å². The highest BCUT2D eigenvalue weighted by molar-refractivity contribution is 9.10. The highest BCUT2D eigenvalue weighted by Crippen LogP contribution is 2.37. The standard InChI is InChI=1S/C28H25BrClNO3/c1-2-32-27-17-21(16-26(30)28(27)33-19-20-8-10-22(29)11-9-20)18-31-23-12-14-25(15-13-23)34-24-6-4-3-5-7-24/h3-17,31H,2,18-19H2,1H3. The van der Waals surface area contributed by atoms with E-state index in [0.717, 1.165) is 32.8 Å². The van der Waals surface area contributed by atoms with Crippen LogP contribution in [0.15, 0.2) is 95.5 Å². The Labute approximate surface area is 213 Å². The summed E-state index contributed by atoms with van der Waals surface area (Å²) in [7, 11) is 0. The highest BCUT2D eigenvalue weighted by atomic mass is 79.9. The van der Waals surface area contributed by atoms with Crippen molar-refractivity contribution in [2.45, 2.75) is 20.1 Å². The number of halogens is 2. The zero-order chi connectivity index (χ0) is 23.8. The van der Waals surface area contributed by atoms with Crippen LogP contribution in [-0.2, 0) is 13.2 Å². The lowest BCUT2D eigenvalue weighted by Crippen LogP contribution is -2.04. The van der Waals surface area contributed by atoms with E-state index < -0.39 is 0 Å². The summed E-state index contributed by atoms with van der Waals surface area (Å²) in [5, 5.41) is 3.94. The van der Waals surface area contributed by atoms with Crippen LogP contribution in [-0.4, -0.2) is 6.61 Å². The molecule has 4 nitrogen and oxygen atoms in total. The third kappa shape index (κ3) is 6.69. The van der Waals surface area contributed by atoms with E-state index in [1.54, 1.807) is 0 Å². The smallest absolute Gasteiger partial charge is 0.180 e. The summed E-state index contributed by atoms with van der Waals surface area (Å²) < 4.78 is 18.7. The second-order valence-corrected chi connectivity index (χ2v) is 8.87. The summed E-state index contributed by atoms with van der Waals surface area (Å²) in [4.78, 5) is 0.